The third-order valence-electron chi connectivity index (χ3n) is 2.44. The first-order chi connectivity index (χ1) is 7.69. The van der Waals surface area contributed by atoms with E-state index in [1.807, 2.05) is 0 Å². The highest BCUT2D eigenvalue weighted by Gasteiger charge is 2.34. The molecule has 0 aliphatic rings. The van der Waals surface area contributed by atoms with Crippen LogP contribution in [0, 0.1) is 0 Å². The standard InChI is InChI=1S/C11H10ClF3O2/c1-10(17,9(16)6-12)7-2-4-8(5-3-7)11(13,14)15/h2-5,17H,6H2,1H3/t10-/m0/s1. The molecule has 6 heteroatoms. The molecule has 1 aromatic carbocycles. The molecule has 0 bridgehead atoms. The van der Waals surface area contributed by atoms with Crippen molar-refractivity contribution in [1.29, 1.82) is 0 Å². The van der Waals surface area contributed by atoms with Crippen molar-refractivity contribution in [3.05, 3.63) is 35.4 Å². The van der Waals surface area contributed by atoms with Gasteiger partial charge in [-0.3, -0.25) is 4.79 Å². The maximum Gasteiger partial charge on any atom is 0.416 e. The Morgan fingerprint density at radius 1 is 1.24 bits per heavy atom. The second-order valence-corrected chi connectivity index (χ2v) is 3.97. The number of carbonyl (C=O) groups is 1. The minimum absolute atomic E-state index is 0.0798. The fourth-order valence-corrected chi connectivity index (χ4v) is 1.54. The van der Waals surface area contributed by atoms with Gasteiger partial charge < -0.3 is 5.11 Å². The number of hydrogen-bond donors (Lipinski definition) is 1. The van der Waals surface area contributed by atoms with Crippen molar-refractivity contribution in [2.75, 3.05) is 5.88 Å². The van der Waals surface area contributed by atoms with Crippen molar-refractivity contribution in [2.24, 2.45) is 0 Å². The number of Topliss-reactive ketones (excluding diaryl/α,β-unsaturated/α-hetero) is 1. The van der Waals surface area contributed by atoms with Gasteiger partial charge in [-0.25, -0.2) is 0 Å². The molecule has 0 aliphatic carbocycles. The van der Waals surface area contributed by atoms with Gasteiger partial charge in [-0.2, -0.15) is 13.2 Å². The first kappa shape index (κ1) is 14.0. The molecule has 0 aromatic heterocycles. The molecule has 1 N–H and O–H groups in total. The molecule has 17 heavy (non-hydrogen) atoms. The highest BCUT2D eigenvalue weighted by molar-refractivity contribution is 6.28. The average molecular weight is 267 g/mol. The van der Waals surface area contributed by atoms with Gasteiger partial charge in [0.15, 0.2) is 5.78 Å². The number of aliphatic hydroxyl groups is 1. The quantitative estimate of drug-likeness (QED) is 0.854. The number of alkyl halides is 4. The Kier molecular flexibility index (Phi) is 3.84. The Balaban J connectivity index is 3.07. The van der Waals surface area contributed by atoms with Crippen LogP contribution in [-0.4, -0.2) is 16.8 Å². The van der Waals surface area contributed by atoms with Crippen LogP contribution in [-0.2, 0) is 16.6 Å². The predicted octanol–water partition coefficient (Wildman–Crippen LogP) is 2.72. The Bertz CT molecular complexity index is 410. The lowest BCUT2D eigenvalue weighted by molar-refractivity contribution is -0.137. The van der Waals surface area contributed by atoms with Gasteiger partial charge >= 0.3 is 6.18 Å². The molecule has 1 aromatic rings. The first-order valence-corrected chi connectivity index (χ1v) is 5.22. The van der Waals surface area contributed by atoms with E-state index in [9.17, 15) is 23.1 Å². The van der Waals surface area contributed by atoms with E-state index in [4.69, 9.17) is 11.6 Å². The summed E-state index contributed by atoms with van der Waals surface area (Å²) in [6, 6.07) is 3.75. The predicted molar refractivity (Wildman–Crippen MR) is 56.7 cm³/mol. The van der Waals surface area contributed by atoms with Crippen LogP contribution in [0.3, 0.4) is 0 Å². The molecule has 0 amide bonds. The van der Waals surface area contributed by atoms with Gasteiger partial charge in [-0.05, 0) is 24.6 Å². The van der Waals surface area contributed by atoms with E-state index in [1.54, 1.807) is 0 Å². The molecular weight excluding hydrogens is 257 g/mol. The summed E-state index contributed by atoms with van der Waals surface area (Å²) >= 11 is 5.30. The van der Waals surface area contributed by atoms with Gasteiger partial charge in [0.25, 0.3) is 0 Å². The van der Waals surface area contributed by atoms with E-state index in [-0.39, 0.29) is 5.56 Å². The van der Waals surface area contributed by atoms with Crippen LogP contribution in [0.1, 0.15) is 18.1 Å². The maximum absolute atomic E-state index is 12.3. The first-order valence-electron chi connectivity index (χ1n) is 4.69. The fourth-order valence-electron chi connectivity index (χ4n) is 1.27. The Labute approximate surface area is 101 Å². The number of rotatable bonds is 3. The van der Waals surface area contributed by atoms with Crippen molar-refractivity contribution >= 4 is 17.4 Å². The average Bonchev–Trinajstić information content (AvgIpc) is 2.27. The third-order valence-corrected chi connectivity index (χ3v) is 2.68. The molecule has 0 aliphatic heterocycles. The van der Waals surface area contributed by atoms with Gasteiger partial charge in [-0.15, -0.1) is 11.6 Å². The SMILES string of the molecule is C[C@@](O)(C(=O)CCl)c1ccc(C(F)(F)F)cc1. The van der Waals surface area contributed by atoms with Crippen LogP contribution in [0.4, 0.5) is 13.2 Å². The highest BCUT2D eigenvalue weighted by Crippen LogP contribution is 2.31. The molecule has 0 saturated heterocycles. The van der Waals surface area contributed by atoms with E-state index in [0.717, 1.165) is 24.3 Å². The van der Waals surface area contributed by atoms with E-state index in [1.165, 1.54) is 6.92 Å². The van der Waals surface area contributed by atoms with Crippen LogP contribution in [0.15, 0.2) is 24.3 Å². The number of carbonyl (C=O) groups excluding carboxylic acids is 1. The van der Waals surface area contributed by atoms with Crippen molar-refractivity contribution in [2.45, 2.75) is 18.7 Å². The van der Waals surface area contributed by atoms with Gasteiger partial charge in [-0.1, -0.05) is 12.1 Å². The lowest BCUT2D eigenvalue weighted by Crippen LogP contribution is -2.33. The monoisotopic (exact) mass is 266 g/mol. The Morgan fingerprint density at radius 2 is 1.65 bits per heavy atom. The molecule has 94 valence electrons. The van der Waals surface area contributed by atoms with Crippen LogP contribution < -0.4 is 0 Å². The minimum Gasteiger partial charge on any atom is -0.378 e. The van der Waals surface area contributed by atoms with Crippen molar-refractivity contribution in [3.63, 3.8) is 0 Å². The topological polar surface area (TPSA) is 37.3 Å². The van der Waals surface area contributed by atoms with Gasteiger partial charge in [0.05, 0.1) is 11.4 Å². The van der Waals surface area contributed by atoms with E-state index in [2.05, 4.69) is 0 Å². The number of benzene rings is 1. The number of hydrogen-bond acceptors (Lipinski definition) is 2. The number of halogens is 4. The summed E-state index contributed by atoms with van der Waals surface area (Å²) in [5.41, 5.74) is -2.63. The molecule has 0 radical (unpaired) electrons. The van der Waals surface area contributed by atoms with E-state index < -0.39 is 29.0 Å². The molecule has 2 nitrogen and oxygen atoms in total. The third kappa shape index (κ3) is 2.98. The Morgan fingerprint density at radius 3 is 2.00 bits per heavy atom. The maximum atomic E-state index is 12.3. The Hall–Kier alpha value is -1.07. The normalized spacial score (nSPS) is 15.4. The fraction of sp³-hybridized carbons (Fsp3) is 0.364. The van der Waals surface area contributed by atoms with Crippen LogP contribution in [0.2, 0.25) is 0 Å². The molecule has 1 atom stereocenters. The zero-order valence-electron chi connectivity index (χ0n) is 8.88. The largest absolute Gasteiger partial charge is 0.416 e. The lowest BCUT2D eigenvalue weighted by Gasteiger charge is -2.21. The van der Waals surface area contributed by atoms with Crippen LogP contribution in [0.5, 0.6) is 0 Å². The molecule has 0 saturated carbocycles. The summed E-state index contributed by atoms with van der Waals surface area (Å²) in [5.74, 6) is -1.08. The van der Waals surface area contributed by atoms with Crippen LogP contribution >= 0.6 is 11.6 Å². The highest BCUT2D eigenvalue weighted by atomic mass is 35.5. The van der Waals surface area contributed by atoms with Crippen LogP contribution in [0.25, 0.3) is 0 Å². The smallest absolute Gasteiger partial charge is 0.378 e. The summed E-state index contributed by atoms with van der Waals surface area (Å²) in [4.78, 5) is 11.3. The molecule has 0 fully saturated rings. The molecule has 1 rings (SSSR count). The van der Waals surface area contributed by atoms with Crippen molar-refractivity contribution in [3.8, 4) is 0 Å². The second-order valence-electron chi connectivity index (χ2n) is 3.70. The van der Waals surface area contributed by atoms with Gasteiger partial charge in [0.1, 0.15) is 5.60 Å². The van der Waals surface area contributed by atoms with Crippen molar-refractivity contribution in [1.82, 2.24) is 0 Å². The lowest BCUT2D eigenvalue weighted by atomic mass is 9.91. The molecule has 0 spiro atoms. The summed E-state index contributed by atoms with van der Waals surface area (Å²) in [5, 5.41) is 9.83. The summed E-state index contributed by atoms with van der Waals surface area (Å²) in [6.45, 7) is 1.19. The zero-order valence-corrected chi connectivity index (χ0v) is 9.64. The minimum atomic E-state index is -4.44. The second kappa shape index (κ2) is 4.66. The van der Waals surface area contributed by atoms with E-state index in [0.29, 0.717) is 0 Å². The summed E-state index contributed by atoms with van der Waals surface area (Å²) in [7, 11) is 0. The summed E-state index contributed by atoms with van der Waals surface area (Å²) in [6.07, 6.45) is -4.44. The van der Waals surface area contributed by atoms with Gasteiger partial charge in [0.2, 0.25) is 0 Å². The van der Waals surface area contributed by atoms with Gasteiger partial charge in [0, 0.05) is 0 Å². The number of ketones is 1. The molecule has 0 unspecified atom stereocenters. The van der Waals surface area contributed by atoms with Crippen molar-refractivity contribution < 1.29 is 23.1 Å². The molecular formula is C11H10ClF3O2. The summed E-state index contributed by atoms with van der Waals surface area (Å²) < 4.78 is 36.9. The van der Waals surface area contributed by atoms with E-state index >= 15 is 0 Å². The zero-order chi connectivity index (χ0) is 13.3. The molecule has 0 heterocycles.